The SMILES string of the molecule is [CH3][Ge]([CH3])([c]1ccccc1)[c]1ccc(-c2ccccc2)nc1. The van der Waals surface area contributed by atoms with Gasteiger partial charge in [-0.3, -0.25) is 0 Å². The van der Waals surface area contributed by atoms with Crippen LogP contribution in [0.1, 0.15) is 0 Å². The third-order valence-electron chi connectivity index (χ3n) is 4.05. The fourth-order valence-corrected chi connectivity index (χ4v) is 7.28. The molecule has 0 bridgehead atoms. The van der Waals surface area contributed by atoms with E-state index in [4.69, 9.17) is 0 Å². The summed E-state index contributed by atoms with van der Waals surface area (Å²) < 4.78 is 2.91. The fraction of sp³-hybridized carbons (Fsp3) is 0.105. The average molecular weight is 334 g/mol. The van der Waals surface area contributed by atoms with Gasteiger partial charge < -0.3 is 0 Å². The van der Waals surface area contributed by atoms with Gasteiger partial charge in [-0.2, -0.15) is 0 Å². The van der Waals surface area contributed by atoms with E-state index in [9.17, 15) is 0 Å². The number of aromatic nitrogens is 1. The molecule has 0 amide bonds. The number of benzene rings is 2. The first-order valence-corrected chi connectivity index (χ1v) is 13.5. The summed E-state index contributed by atoms with van der Waals surface area (Å²) in [6.45, 7) is 0. The number of hydrogen-bond acceptors (Lipinski definition) is 1. The molecule has 2 heteroatoms. The second kappa shape index (κ2) is 5.86. The van der Waals surface area contributed by atoms with Gasteiger partial charge in [-0.05, 0) is 0 Å². The Bertz CT molecular complexity index is 704. The molecule has 0 saturated heterocycles. The third kappa shape index (κ3) is 2.93. The molecule has 2 aromatic carbocycles. The van der Waals surface area contributed by atoms with Crippen molar-refractivity contribution in [1.82, 2.24) is 4.98 Å². The number of nitrogens with zero attached hydrogens (tertiary/aromatic N) is 1. The molecule has 3 aromatic rings. The number of pyridine rings is 1. The molecule has 3 rings (SSSR count). The summed E-state index contributed by atoms with van der Waals surface area (Å²) in [7, 11) is 0. The number of hydrogen-bond donors (Lipinski definition) is 0. The molecule has 0 unspecified atom stereocenters. The first kappa shape index (κ1) is 14.1. The van der Waals surface area contributed by atoms with Crippen molar-refractivity contribution < 1.29 is 0 Å². The van der Waals surface area contributed by atoms with Crippen LogP contribution < -0.4 is 8.79 Å². The van der Waals surface area contributed by atoms with Crippen LogP contribution in [0.15, 0.2) is 79.0 Å². The van der Waals surface area contributed by atoms with E-state index >= 15 is 0 Å². The van der Waals surface area contributed by atoms with Gasteiger partial charge >= 0.3 is 129 Å². The van der Waals surface area contributed by atoms with E-state index in [0.29, 0.717) is 0 Å². The zero-order chi connectivity index (χ0) is 14.7. The molecule has 0 radical (unpaired) electrons. The van der Waals surface area contributed by atoms with Crippen molar-refractivity contribution in [1.29, 1.82) is 0 Å². The van der Waals surface area contributed by atoms with E-state index < -0.39 is 13.3 Å². The summed E-state index contributed by atoms with van der Waals surface area (Å²) in [5.74, 6) is 4.85. The van der Waals surface area contributed by atoms with Crippen LogP contribution in [0.25, 0.3) is 11.3 Å². The Labute approximate surface area is 129 Å². The van der Waals surface area contributed by atoms with Crippen molar-refractivity contribution in [3.8, 4) is 11.3 Å². The molecule has 1 heterocycles. The second-order valence-corrected chi connectivity index (χ2v) is 15.0. The van der Waals surface area contributed by atoms with Crippen LogP contribution in [-0.2, 0) is 0 Å². The molecule has 0 aliphatic rings. The van der Waals surface area contributed by atoms with Crippen molar-refractivity contribution in [3.05, 3.63) is 79.0 Å². The Balaban J connectivity index is 1.94. The minimum atomic E-state index is -2.20. The Morgan fingerprint density at radius 2 is 1.29 bits per heavy atom. The van der Waals surface area contributed by atoms with Gasteiger partial charge in [0, 0.05) is 0 Å². The minimum absolute atomic E-state index is 1.05. The topological polar surface area (TPSA) is 12.9 Å². The van der Waals surface area contributed by atoms with Crippen LogP contribution in [0.4, 0.5) is 0 Å². The maximum absolute atomic E-state index is 4.69. The molecule has 104 valence electrons. The van der Waals surface area contributed by atoms with Crippen molar-refractivity contribution in [3.63, 3.8) is 0 Å². The first-order chi connectivity index (χ1) is 10.2. The molecule has 0 aliphatic heterocycles. The molecule has 0 spiro atoms. The molecule has 1 aromatic heterocycles. The molecule has 0 N–H and O–H groups in total. The van der Waals surface area contributed by atoms with Crippen molar-refractivity contribution in [2.75, 3.05) is 0 Å². The van der Waals surface area contributed by atoms with Gasteiger partial charge in [-0.1, -0.05) is 0 Å². The average Bonchev–Trinajstić information content (AvgIpc) is 2.57. The zero-order valence-corrected chi connectivity index (χ0v) is 14.6. The predicted octanol–water partition coefficient (Wildman–Crippen LogP) is 3.57. The van der Waals surface area contributed by atoms with Crippen LogP contribution >= 0.6 is 0 Å². The first-order valence-electron chi connectivity index (χ1n) is 7.25. The van der Waals surface area contributed by atoms with E-state index in [1.54, 1.807) is 0 Å². The number of rotatable bonds is 3. The van der Waals surface area contributed by atoms with Crippen molar-refractivity contribution in [2.45, 2.75) is 11.5 Å². The molecule has 1 nitrogen and oxygen atoms in total. The molecule has 0 fully saturated rings. The quantitative estimate of drug-likeness (QED) is 0.668. The van der Waals surface area contributed by atoms with E-state index in [1.807, 2.05) is 6.07 Å². The Morgan fingerprint density at radius 1 is 0.667 bits per heavy atom. The van der Waals surface area contributed by atoms with Gasteiger partial charge in [0.15, 0.2) is 0 Å². The van der Waals surface area contributed by atoms with Crippen molar-refractivity contribution in [2.24, 2.45) is 0 Å². The summed E-state index contributed by atoms with van der Waals surface area (Å²) in [5, 5.41) is 0. The standard InChI is InChI=1S/C19H19GeN/c1-20(2,17-11-7-4-8-12-17)18-13-14-19(21-15-18)16-9-5-3-6-10-16/h3-15H,1-2H3. The summed E-state index contributed by atoms with van der Waals surface area (Å²) in [6.07, 6.45) is 2.08. The molecule has 0 aliphatic carbocycles. The molecular weight excluding hydrogens is 315 g/mol. The van der Waals surface area contributed by atoms with Crippen LogP contribution in [0.2, 0.25) is 11.5 Å². The van der Waals surface area contributed by atoms with Gasteiger partial charge in [0.05, 0.1) is 0 Å². The van der Waals surface area contributed by atoms with Crippen LogP contribution in [0.5, 0.6) is 0 Å². The van der Waals surface area contributed by atoms with E-state index in [2.05, 4.69) is 89.4 Å². The summed E-state index contributed by atoms with van der Waals surface area (Å²) in [4.78, 5) is 4.69. The van der Waals surface area contributed by atoms with Crippen LogP contribution in [0, 0.1) is 0 Å². The van der Waals surface area contributed by atoms with Crippen molar-refractivity contribution >= 4 is 22.1 Å². The normalized spacial score (nSPS) is 11.3. The van der Waals surface area contributed by atoms with Gasteiger partial charge in [0.25, 0.3) is 0 Å². The summed E-state index contributed by atoms with van der Waals surface area (Å²) in [5.41, 5.74) is 2.22. The summed E-state index contributed by atoms with van der Waals surface area (Å²) in [6, 6.07) is 25.6. The molecular formula is C19H19GeN. The van der Waals surface area contributed by atoms with E-state index in [-0.39, 0.29) is 0 Å². The van der Waals surface area contributed by atoms with E-state index in [0.717, 1.165) is 5.69 Å². The zero-order valence-electron chi connectivity index (χ0n) is 12.5. The van der Waals surface area contributed by atoms with Gasteiger partial charge in [0.1, 0.15) is 0 Å². The maximum atomic E-state index is 4.69. The van der Waals surface area contributed by atoms with Crippen LogP contribution in [-0.4, -0.2) is 18.3 Å². The Morgan fingerprint density at radius 3 is 1.86 bits per heavy atom. The van der Waals surface area contributed by atoms with Gasteiger partial charge in [-0.15, -0.1) is 0 Å². The van der Waals surface area contributed by atoms with E-state index in [1.165, 1.54) is 14.4 Å². The Kier molecular flexibility index (Phi) is 3.93. The third-order valence-corrected chi connectivity index (χ3v) is 11.4. The predicted molar refractivity (Wildman–Crippen MR) is 92.9 cm³/mol. The van der Waals surface area contributed by atoms with Crippen LogP contribution in [0.3, 0.4) is 0 Å². The molecule has 21 heavy (non-hydrogen) atoms. The fourth-order valence-electron chi connectivity index (χ4n) is 2.56. The second-order valence-electron chi connectivity index (χ2n) is 5.79. The molecule has 0 atom stereocenters. The van der Waals surface area contributed by atoms with Gasteiger partial charge in [-0.25, -0.2) is 0 Å². The summed E-state index contributed by atoms with van der Waals surface area (Å²) >= 11 is -2.20. The van der Waals surface area contributed by atoms with Gasteiger partial charge in [0.2, 0.25) is 0 Å². The monoisotopic (exact) mass is 335 g/mol. The Hall–Kier alpha value is -1.87. The molecule has 0 saturated carbocycles.